The number of piperazine rings is 1. The van der Waals surface area contributed by atoms with Crippen LogP contribution in [0.2, 0.25) is 0 Å². The molecule has 0 radical (unpaired) electrons. The summed E-state index contributed by atoms with van der Waals surface area (Å²) in [4.78, 5) is 15.8. The van der Waals surface area contributed by atoms with E-state index in [1.807, 2.05) is 37.1 Å². The lowest BCUT2D eigenvalue weighted by molar-refractivity contribution is -0.121. The van der Waals surface area contributed by atoms with E-state index in [-0.39, 0.29) is 18.6 Å². The summed E-state index contributed by atoms with van der Waals surface area (Å²) in [6.45, 7) is 3.86. The number of aliphatic hydroxyl groups excluding tert-OH is 1. The van der Waals surface area contributed by atoms with Crippen LogP contribution in [0.1, 0.15) is 19.8 Å². The lowest BCUT2D eigenvalue weighted by Gasteiger charge is -2.39. The number of unbranched alkanes of at least 4 members (excludes halogenated alkanes) is 1. The molecule has 1 saturated heterocycles. The molecule has 2 rings (SSSR count). The molecular formula is C15H23BN2O3. The predicted molar refractivity (Wildman–Crippen MR) is 85.3 cm³/mol. The second-order valence-corrected chi connectivity index (χ2v) is 5.49. The summed E-state index contributed by atoms with van der Waals surface area (Å²) in [5.74, 6) is 0.830. The van der Waals surface area contributed by atoms with Crippen LogP contribution in [-0.4, -0.2) is 56.2 Å². The van der Waals surface area contributed by atoms with Crippen LogP contribution >= 0.6 is 0 Å². The van der Waals surface area contributed by atoms with Crippen molar-refractivity contribution in [1.29, 1.82) is 0 Å². The van der Waals surface area contributed by atoms with Crippen molar-refractivity contribution in [3.8, 4) is 5.75 Å². The lowest BCUT2D eigenvalue weighted by Crippen LogP contribution is -2.57. The Labute approximate surface area is 126 Å². The summed E-state index contributed by atoms with van der Waals surface area (Å²) >= 11 is 0. The number of hydrogen-bond donors (Lipinski definition) is 1. The maximum absolute atomic E-state index is 12.2. The van der Waals surface area contributed by atoms with Gasteiger partial charge in [0.1, 0.15) is 5.75 Å². The second kappa shape index (κ2) is 7.47. The van der Waals surface area contributed by atoms with Gasteiger partial charge in [0.05, 0.1) is 25.8 Å². The summed E-state index contributed by atoms with van der Waals surface area (Å²) in [6.07, 6.45) is 2.14. The zero-order valence-corrected chi connectivity index (χ0v) is 12.8. The van der Waals surface area contributed by atoms with E-state index in [0.717, 1.165) is 24.3 Å². The zero-order valence-electron chi connectivity index (χ0n) is 12.8. The van der Waals surface area contributed by atoms with Crippen molar-refractivity contribution >= 4 is 19.6 Å². The van der Waals surface area contributed by atoms with Gasteiger partial charge in [0.15, 0.2) is 7.98 Å². The number of ether oxygens (including phenoxy) is 1. The SMILES string of the molecule is BN1CC(=O)N(c2ccc(OCCCC)cc2)[C@@H](CO)C1. The van der Waals surface area contributed by atoms with E-state index in [9.17, 15) is 9.90 Å². The van der Waals surface area contributed by atoms with Crippen molar-refractivity contribution in [2.45, 2.75) is 25.8 Å². The number of carbonyl (C=O) groups is 1. The molecule has 0 saturated carbocycles. The van der Waals surface area contributed by atoms with Gasteiger partial charge in [-0.1, -0.05) is 13.3 Å². The van der Waals surface area contributed by atoms with Gasteiger partial charge in [-0.05, 0) is 30.7 Å². The molecule has 5 nitrogen and oxygen atoms in total. The van der Waals surface area contributed by atoms with Crippen LogP contribution in [0.3, 0.4) is 0 Å². The van der Waals surface area contributed by atoms with Gasteiger partial charge in [-0.25, -0.2) is 0 Å². The van der Waals surface area contributed by atoms with Gasteiger partial charge in [0.2, 0.25) is 5.91 Å². The first-order valence-electron chi connectivity index (χ1n) is 7.50. The van der Waals surface area contributed by atoms with E-state index < -0.39 is 0 Å². The Bertz CT molecular complexity index is 466. The van der Waals surface area contributed by atoms with E-state index in [1.165, 1.54) is 0 Å². The molecule has 1 aromatic carbocycles. The van der Waals surface area contributed by atoms with Gasteiger partial charge < -0.3 is 19.6 Å². The van der Waals surface area contributed by atoms with Crippen molar-refractivity contribution < 1.29 is 14.6 Å². The van der Waals surface area contributed by atoms with Crippen molar-refractivity contribution in [2.75, 3.05) is 31.2 Å². The second-order valence-electron chi connectivity index (χ2n) is 5.49. The van der Waals surface area contributed by atoms with Crippen molar-refractivity contribution in [3.63, 3.8) is 0 Å². The molecule has 0 aromatic heterocycles. The van der Waals surface area contributed by atoms with Crippen LogP contribution in [0, 0.1) is 0 Å². The minimum Gasteiger partial charge on any atom is -0.494 e. The van der Waals surface area contributed by atoms with Gasteiger partial charge in [0.25, 0.3) is 0 Å². The predicted octanol–water partition coefficient (Wildman–Crippen LogP) is 0.423. The van der Waals surface area contributed by atoms with E-state index >= 15 is 0 Å². The average molecular weight is 290 g/mol. The first kappa shape index (κ1) is 15.9. The number of aliphatic hydroxyl groups is 1. The third kappa shape index (κ3) is 3.98. The van der Waals surface area contributed by atoms with E-state index in [0.29, 0.717) is 19.7 Å². The van der Waals surface area contributed by atoms with Crippen LogP contribution in [-0.2, 0) is 4.79 Å². The number of rotatable bonds is 6. The van der Waals surface area contributed by atoms with Crippen molar-refractivity contribution in [1.82, 2.24) is 4.81 Å². The molecule has 0 spiro atoms. The van der Waals surface area contributed by atoms with Gasteiger partial charge >= 0.3 is 0 Å². The Morgan fingerprint density at radius 2 is 2.10 bits per heavy atom. The molecule has 0 bridgehead atoms. The summed E-state index contributed by atoms with van der Waals surface area (Å²) in [5, 5.41) is 9.51. The maximum atomic E-state index is 12.2. The number of amides is 1. The van der Waals surface area contributed by atoms with Crippen LogP contribution in [0.5, 0.6) is 5.75 Å². The fourth-order valence-electron chi connectivity index (χ4n) is 2.55. The molecule has 0 aliphatic carbocycles. The fraction of sp³-hybridized carbons (Fsp3) is 0.533. The number of hydrogen-bond acceptors (Lipinski definition) is 4. The molecule has 1 aliphatic rings. The Morgan fingerprint density at radius 1 is 1.38 bits per heavy atom. The normalized spacial score (nSPS) is 19.8. The van der Waals surface area contributed by atoms with E-state index in [4.69, 9.17) is 4.74 Å². The van der Waals surface area contributed by atoms with Crippen LogP contribution in [0.15, 0.2) is 24.3 Å². The minimum absolute atomic E-state index is 0.0162. The fourth-order valence-corrected chi connectivity index (χ4v) is 2.55. The number of nitrogens with zero attached hydrogens (tertiary/aromatic N) is 2. The average Bonchev–Trinajstić information content (AvgIpc) is 2.48. The van der Waals surface area contributed by atoms with Gasteiger partial charge in [-0.15, -0.1) is 0 Å². The minimum atomic E-state index is -0.192. The number of carbonyl (C=O) groups excluding carboxylic acids is 1. The third-order valence-corrected chi connectivity index (χ3v) is 3.65. The standard InChI is InChI=1S/C15H23BN2O3/c1-2-3-8-21-14-6-4-12(5-7-14)18-13(11-19)9-17(16)10-15(18)20/h4-7,13,19H,2-3,8-11,16H2,1H3/t13-/m1/s1. The molecular weight excluding hydrogens is 267 g/mol. The highest BCUT2D eigenvalue weighted by molar-refractivity contribution is 6.08. The summed E-state index contributed by atoms with van der Waals surface area (Å²) < 4.78 is 5.62. The smallest absolute Gasteiger partial charge is 0.240 e. The Morgan fingerprint density at radius 3 is 2.71 bits per heavy atom. The van der Waals surface area contributed by atoms with Gasteiger partial charge in [-0.2, -0.15) is 0 Å². The van der Waals surface area contributed by atoms with E-state index in [1.54, 1.807) is 4.90 Å². The van der Waals surface area contributed by atoms with E-state index in [2.05, 4.69) is 6.92 Å². The summed E-state index contributed by atoms with van der Waals surface area (Å²) in [6, 6.07) is 7.33. The molecule has 1 N–H and O–H groups in total. The Kier molecular flexibility index (Phi) is 5.64. The first-order valence-corrected chi connectivity index (χ1v) is 7.50. The largest absolute Gasteiger partial charge is 0.494 e. The molecule has 1 aromatic rings. The molecule has 1 fully saturated rings. The first-order chi connectivity index (χ1) is 10.2. The van der Waals surface area contributed by atoms with Crippen LogP contribution in [0.25, 0.3) is 0 Å². The molecule has 1 atom stereocenters. The zero-order chi connectivity index (χ0) is 15.2. The molecule has 1 aliphatic heterocycles. The Hall–Kier alpha value is -1.53. The molecule has 21 heavy (non-hydrogen) atoms. The maximum Gasteiger partial charge on any atom is 0.240 e. The van der Waals surface area contributed by atoms with Crippen LogP contribution in [0.4, 0.5) is 5.69 Å². The Balaban J connectivity index is 2.07. The summed E-state index contributed by atoms with van der Waals surface area (Å²) in [5.41, 5.74) is 0.815. The molecule has 1 amide bonds. The number of benzene rings is 1. The monoisotopic (exact) mass is 290 g/mol. The van der Waals surface area contributed by atoms with Crippen LogP contribution < -0.4 is 9.64 Å². The summed E-state index contributed by atoms with van der Waals surface area (Å²) in [7, 11) is 1.89. The molecule has 114 valence electrons. The van der Waals surface area contributed by atoms with Gasteiger partial charge in [0, 0.05) is 12.2 Å². The van der Waals surface area contributed by atoms with Crippen molar-refractivity contribution in [2.24, 2.45) is 0 Å². The van der Waals surface area contributed by atoms with Gasteiger partial charge in [-0.3, -0.25) is 4.79 Å². The topological polar surface area (TPSA) is 53.0 Å². The third-order valence-electron chi connectivity index (χ3n) is 3.65. The quantitative estimate of drug-likeness (QED) is 0.609. The lowest BCUT2D eigenvalue weighted by atomic mass is 10.1. The molecule has 1 heterocycles. The highest BCUT2D eigenvalue weighted by atomic mass is 16.5. The highest BCUT2D eigenvalue weighted by Crippen LogP contribution is 2.24. The molecule has 0 unspecified atom stereocenters. The number of anilines is 1. The molecule has 6 heteroatoms. The highest BCUT2D eigenvalue weighted by Gasteiger charge is 2.31. The van der Waals surface area contributed by atoms with Crippen molar-refractivity contribution in [3.05, 3.63) is 24.3 Å².